The van der Waals surface area contributed by atoms with E-state index in [0.717, 1.165) is 41.4 Å². The van der Waals surface area contributed by atoms with E-state index in [1.54, 1.807) is 17.4 Å². The molecule has 4 rings (SSSR count). The third-order valence-electron chi connectivity index (χ3n) is 5.31. The monoisotopic (exact) mass is 434 g/mol. The SMILES string of the molecule is O=C(C=Cc1nc2ccccc2s1)NCCCC(=O)N1CCN(c2ccccc2)CC1. The lowest BCUT2D eigenvalue weighted by Crippen LogP contribution is -2.48. The van der Waals surface area contributed by atoms with Crippen molar-refractivity contribution in [3.63, 3.8) is 0 Å². The predicted octanol–water partition coefficient (Wildman–Crippen LogP) is 3.55. The molecule has 7 heteroatoms. The molecule has 1 saturated heterocycles. The highest BCUT2D eigenvalue weighted by Crippen LogP contribution is 2.22. The molecule has 1 aromatic heterocycles. The number of para-hydroxylation sites is 2. The molecule has 1 aliphatic heterocycles. The summed E-state index contributed by atoms with van der Waals surface area (Å²) in [6.07, 6.45) is 4.32. The third-order valence-corrected chi connectivity index (χ3v) is 6.31. The maximum absolute atomic E-state index is 12.5. The van der Waals surface area contributed by atoms with Gasteiger partial charge in [-0.1, -0.05) is 30.3 Å². The fourth-order valence-corrected chi connectivity index (χ4v) is 4.50. The lowest BCUT2D eigenvalue weighted by atomic mass is 10.2. The van der Waals surface area contributed by atoms with Crippen LogP contribution in [0.15, 0.2) is 60.7 Å². The number of amides is 2. The molecule has 0 unspecified atom stereocenters. The Kier molecular flexibility index (Phi) is 6.94. The van der Waals surface area contributed by atoms with Gasteiger partial charge >= 0.3 is 0 Å². The number of hydrogen-bond donors (Lipinski definition) is 1. The van der Waals surface area contributed by atoms with Crippen LogP contribution in [0.2, 0.25) is 0 Å². The highest BCUT2D eigenvalue weighted by atomic mass is 32.1. The number of nitrogens with zero attached hydrogens (tertiary/aromatic N) is 3. The van der Waals surface area contributed by atoms with Gasteiger partial charge in [0.15, 0.2) is 0 Å². The van der Waals surface area contributed by atoms with Crippen molar-refractivity contribution in [3.05, 3.63) is 65.7 Å². The first-order valence-corrected chi connectivity index (χ1v) is 11.4. The molecule has 0 aliphatic carbocycles. The molecule has 0 radical (unpaired) electrons. The first-order valence-electron chi connectivity index (χ1n) is 10.6. The summed E-state index contributed by atoms with van der Waals surface area (Å²) < 4.78 is 1.10. The number of fused-ring (bicyclic) bond motifs is 1. The fourth-order valence-electron chi connectivity index (χ4n) is 3.63. The number of nitrogens with one attached hydrogen (secondary N) is 1. The maximum Gasteiger partial charge on any atom is 0.244 e. The first-order chi connectivity index (χ1) is 15.2. The van der Waals surface area contributed by atoms with Crippen LogP contribution in [0.3, 0.4) is 0 Å². The summed E-state index contributed by atoms with van der Waals surface area (Å²) in [4.78, 5) is 33.2. The van der Waals surface area contributed by atoms with Gasteiger partial charge in [0.1, 0.15) is 5.01 Å². The van der Waals surface area contributed by atoms with E-state index in [0.29, 0.717) is 19.4 Å². The molecule has 160 valence electrons. The van der Waals surface area contributed by atoms with E-state index in [1.807, 2.05) is 47.4 Å². The van der Waals surface area contributed by atoms with E-state index >= 15 is 0 Å². The van der Waals surface area contributed by atoms with E-state index in [4.69, 9.17) is 0 Å². The lowest BCUT2D eigenvalue weighted by Gasteiger charge is -2.36. The number of carbonyl (C=O) groups is 2. The van der Waals surface area contributed by atoms with Gasteiger partial charge in [-0.25, -0.2) is 4.98 Å². The summed E-state index contributed by atoms with van der Waals surface area (Å²) >= 11 is 1.55. The van der Waals surface area contributed by atoms with E-state index in [2.05, 4.69) is 27.3 Å². The minimum absolute atomic E-state index is 0.159. The number of anilines is 1. The van der Waals surface area contributed by atoms with Crippen molar-refractivity contribution in [2.24, 2.45) is 0 Å². The van der Waals surface area contributed by atoms with Gasteiger partial charge in [-0.3, -0.25) is 9.59 Å². The van der Waals surface area contributed by atoms with Crippen molar-refractivity contribution in [1.82, 2.24) is 15.2 Å². The lowest BCUT2D eigenvalue weighted by molar-refractivity contribution is -0.131. The van der Waals surface area contributed by atoms with Gasteiger partial charge in [0.05, 0.1) is 10.2 Å². The van der Waals surface area contributed by atoms with Crippen LogP contribution >= 0.6 is 11.3 Å². The second-order valence-corrected chi connectivity index (χ2v) is 8.51. The summed E-state index contributed by atoms with van der Waals surface area (Å²) in [6.45, 7) is 3.67. The Balaban J connectivity index is 1.14. The summed E-state index contributed by atoms with van der Waals surface area (Å²) in [5.41, 5.74) is 2.15. The molecule has 0 saturated carbocycles. The molecule has 0 bridgehead atoms. The first kappa shape index (κ1) is 21.1. The highest BCUT2D eigenvalue weighted by Gasteiger charge is 2.20. The van der Waals surface area contributed by atoms with Gasteiger partial charge < -0.3 is 15.1 Å². The topological polar surface area (TPSA) is 65.5 Å². The van der Waals surface area contributed by atoms with Crippen LogP contribution in [0.25, 0.3) is 16.3 Å². The quantitative estimate of drug-likeness (QED) is 0.456. The van der Waals surface area contributed by atoms with Crippen LogP contribution < -0.4 is 10.2 Å². The van der Waals surface area contributed by atoms with Crippen molar-refractivity contribution in [3.8, 4) is 0 Å². The summed E-state index contributed by atoms with van der Waals surface area (Å²) in [6, 6.07) is 18.2. The van der Waals surface area contributed by atoms with E-state index < -0.39 is 0 Å². The number of carbonyl (C=O) groups excluding carboxylic acids is 2. The predicted molar refractivity (Wildman–Crippen MR) is 126 cm³/mol. The zero-order valence-electron chi connectivity index (χ0n) is 17.4. The Morgan fingerprint density at radius 1 is 1.00 bits per heavy atom. The fraction of sp³-hybridized carbons (Fsp3) is 0.292. The van der Waals surface area contributed by atoms with Gasteiger partial charge in [-0.05, 0) is 36.8 Å². The highest BCUT2D eigenvalue weighted by molar-refractivity contribution is 7.19. The van der Waals surface area contributed by atoms with Crippen molar-refractivity contribution >= 4 is 45.1 Å². The number of thiazole rings is 1. The Morgan fingerprint density at radius 2 is 1.74 bits per heavy atom. The zero-order valence-corrected chi connectivity index (χ0v) is 18.2. The van der Waals surface area contributed by atoms with Crippen molar-refractivity contribution < 1.29 is 9.59 Å². The van der Waals surface area contributed by atoms with Crippen molar-refractivity contribution in [2.45, 2.75) is 12.8 Å². The van der Waals surface area contributed by atoms with Crippen LogP contribution in [-0.2, 0) is 9.59 Å². The molecule has 3 aromatic rings. The smallest absolute Gasteiger partial charge is 0.244 e. The number of benzene rings is 2. The maximum atomic E-state index is 12.5. The van der Waals surface area contributed by atoms with Crippen molar-refractivity contribution in [2.75, 3.05) is 37.6 Å². The van der Waals surface area contributed by atoms with E-state index in [-0.39, 0.29) is 11.8 Å². The second-order valence-electron chi connectivity index (χ2n) is 7.45. The molecular formula is C24H26N4O2S. The summed E-state index contributed by atoms with van der Waals surface area (Å²) in [5, 5.41) is 3.65. The average Bonchev–Trinajstić information content (AvgIpc) is 3.24. The minimum atomic E-state index is -0.164. The minimum Gasteiger partial charge on any atom is -0.368 e. The molecule has 31 heavy (non-hydrogen) atoms. The van der Waals surface area contributed by atoms with Crippen LogP contribution in [0, 0.1) is 0 Å². The molecule has 0 atom stereocenters. The Bertz CT molecular complexity index is 1020. The number of aromatic nitrogens is 1. The average molecular weight is 435 g/mol. The molecule has 2 heterocycles. The van der Waals surface area contributed by atoms with Gasteiger partial charge in [0, 0.05) is 50.9 Å². The molecule has 0 spiro atoms. The molecule has 1 aliphatic rings. The van der Waals surface area contributed by atoms with Gasteiger partial charge in [-0.15, -0.1) is 11.3 Å². The van der Waals surface area contributed by atoms with Crippen LogP contribution in [0.5, 0.6) is 0 Å². The second kappa shape index (κ2) is 10.2. The third kappa shape index (κ3) is 5.70. The van der Waals surface area contributed by atoms with Gasteiger partial charge in [0.2, 0.25) is 11.8 Å². The summed E-state index contributed by atoms with van der Waals surface area (Å²) in [5.74, 6) is -0.00448. The molecule has 1 fully saturated rings. The van der Waals surface area contributed by atoms with Crippen LogP contribution in [0.4, 0.5) is 5.69 Å². The Hall–Kier alpha value is -3.19. The van der Waals surface area contributed by atoms with E-state index in [1.165, 1.54) is 11.8 Å². The summed E-state index contributed by atoms with van der Waals surface area (Å²) in [7, 11) is 0. The largest absolute Gasteiger partial charge is 0.368 e. The van der Waals surface area contributed by atoms with Gasteiger partial charge in [-0.2, -0.15) is 0 Å². The number of rotatable bonds is 7. The molecular weight excluding hydrogens is 408 g/mol. The zero-order chi connectivity index (χ0) is 21.5. The standard InChI is InChI=1S/C24H26N4O2S/c29-22(12-13-23-26-20-9-4-5-10-21(20)31-23)25-14-6-11-24(30)28-17-15-27(16-18-28)19-7-2-1-3-8-19/h1-5,7-10,12-13H,6,11,14-18H2,(H,25,29). The Morgan fingerprint density at radius 3 is 2.52 bits per heavy atom. The van der Waals surface area contributed by atoms with Crippen molar-refractivity contribution in [1.29, 1.82) is 0 Å². The number of piperazine rings is 1. The van der Waals surface area contributed by atoms with E-state index in [9.17, 15) is 9.59 Å². The number of hydrogen-bond acceptors (Lipinski definition) is 5. The molecule has 6 nitrogen and oxygen atoms in total. The van der Waals surface area contributed by atoms with Crippen LogP contribution in [-0.4, -0.2) is 54.4 Å². The normalized spacial score (nSPS) is 14.3. The molecule has 2 amide bonds. The molecule has 1 N–H and O–H groups in total. The van der Waals surface area contributed by atoms with Gasteiger partial charge in [0.25, 0.3) is 0 Å². The Labute approximate surface area is 186 Å². The van der Waals surface area contributed by atoms with Crippen LogP contribution in [0.1, 0.15) is 17.8 Å². The molecule has 2 aromatic carbocycles.